The molecule has 1 heterocycles. The average Bonchev–Trinajstić information content (AvgIpc) is 2.32. The summed E-state index contributed by atoms with van der Waals surface area (Å²) in [6.07, 6.45) is 0. The van der Waals surface area contributed by atoms with Crippen molar-refractivity contribution in [2.75, 3.05) is 7.05 Å². The lowest BCUT2D eigenvalue weighted by atomic mass is 10.3. The Morgan fingerprint density at radius 2 is 1.94 bits per heavy atom. The van der Waals surface area contributed by atoms with E-state index in [1.54, 1.807) is 24.3 Å². The van der Waals surface area contributed by atoms with Gasteiger partial charge in [0.05, 0.1) is 5.69 Å². The molecule has 2 aromatic rings. The van der Waals surface area contributed by atoms with E-state index in [-0.39, 0.29) is 0 Å². The van der Waals surface area contributed by atoms with Crippen LogP contribution in [0.1, 0.15) is 11.4 Å². The van der Waals surface area contributed by atoms with Gasteiger partial charge in [0, 0.05) is 17.3 Å². The zero-order valence-electron chi connectivity index (χ0n) is 10.3. The molecule has 0 saturated carbocycles. The summed E-state index contributed by atoms with van der Waals surface area (Å²) in [7, 11) is 1.87. The first-order chi connectivity index (χ1) is 8.67. The van der Waals surface area contributed by atoms with E-state index in [0.717, 1.165) is 11.4 Å². The average molecular weight is 264 g/mol. The van der Waals surface area contributed by atoms with E-state index in [2.05, 4.69) is 15.3 Å². The van der Waals surface area contributed by atoms with Crippen LogP contribution < -0.4 is 10.1 Å². The van der Waals surface area contributed by atoms with Gasteiger partial charge in [0.2, 0.25) is 0 Å². The Morgan fingerprint density at radius 1 is 1.22 bits per heavy atom. The summed E-state index contributed by atoms with van der Waals surface area (Å²) >= 11 is 5.81. The van der Waals surface area contributed by atoms with Crippen LogP contribution in [0.25, 0.3) is 0 Å². The van der Waals surface area contributed by atoms with Crippen molar-refractivity contribution in [3.8, 4) is 11.8 Å². The number of halogens is 1. The van der Waals surface area contributed by atoms with Crippen LogP contribution in [-0.2, 0) is 6.54 Å². The molecule has 4 nitrogen and oxygen atoms in total. The molecule has 0 radical (unpaired) electrons. The van der Waals surface area contributed by atoms with Crippen LogP contribution in [0, 0.1) is 6.92 Å². The summed E-state index contributed by atoms with van der Waals surface area (Å²) in [4.78, 5) is 8.55. The molecule has 0 bridgehead atoms. The molecule has 0 unspecified atom stereocenters. The van der Waals surface area contributed by atoms with Crippen molar-refractivity contribution in [1.29, 1.82) is 0 Å². The minimum atomic E-state index is 0.350. The zero-order valence-corrected chi connectivity index (χ0v) is 11.0. The van der Waals surface area contributed by atoms with Gasteiger partial charge in [0.1, 0.15) is 5.75 Å². The van der Waals surface area contributed by atoms with Gasteiger partial charge in [0.25, 0.3) is 0 Å². The minimum Gasteiger partial charge on any atom is -0.424 e. The molecule has 0 saturated heterocycles. The van der Waals surface area contributed by atoms with E-state index in [9.17, 15) is 0 Å². The standard InChI is InChI=1S/C13H14ClN3O/c1-9-7-11(8-15-2)17-13(16-9)18-12-5-3-10(14)4-6-12/h3-7,15H,8H2,1-2H3. The highest BCUT2D eigenvalue weighted by Gasteiger charge is 2.04. The van der Waals surface area contributed by atoms with Crippen molar-refractivity contribution in [3.05, 3.63) is 46.7 Å². The molecule has 0 amide bonds. The molecule has 0 aliphatic rings. The molecule has 2 rings (SSSR count). The molecule has 1 aromatic carbocycles. The van der Waals surface area contributed by atoms with Crippen molar-refractivity contribution < 1.29 is 4.74 Å². The highest BCUT2D eigenvalue weighted by atomic mass is 35.5. The zero-order chi connectivity index (χ0) is 13.0. The van der Waals surface area contributed by atoms with E-state index < -0.39 is 0 Å². The maximum atomic E-state index is 5.81. The number of nitrogens with zero attached hydrogens (tertiary/aromatic N) is 2. The first-order valence-corrected chi connectivity index (χ1v) is 5.98. The second-order valence-electron chi connectivity index (χ2n) is 3.87. The highest BCUT2D eigenvalue weighted by Crippen LogP contribution is 2.20. The van der Waals surface area contributed by atoms with Crippen LogP contribution >= 0.6 is 11.6 Å². The number of hydrogen-bond donors (Lipinski definition) is 1. The summed E-state index contributed by atoms with van der Waals surface area (Å²) in [6.45, 7) is 2.59. The first kappa shape index (κ1) is 12.8. The van der Waals surface area contributed by atoms with E-state index in [1.165, 1.54) is 0 Å². The molecule has 5 heteroatoms. The topological polar surface area (TPSA) is 47.0 Å². The molecule has 94 valence electrons. The monoisotopic (exact) mass is 263 g/mol. The van der Waals surface area contributed by atoms with Gasteiger partial charge in [0.15, 0.2) is 0 Å². The Balaban J connectivity index is 2.20. The van der Waals surface area contributed by atoms with Gasteiger partial charge in [-0.25, -0.2) is 4.98 Å². The lowest BCUT2D eigenvalue weighted by Crippen LogP contribution is -2.08. The van der Waals surface area contributed by atoms with Gasteiger partial charge in [-0.05, 0) is 44.3 Å². The first-order valence-electron chi connectivity index (χ1n) is 5.60. The highest BCUT2D eigenvalue weighted by molar-refractivity contribution is 6.30. The lowest BCUT2D eigenvalue weighted by molar-refractivity contribution is 0.437. The van der Waals surface area contributed by atoms with Gasteiger partial charge < -0.3 is 10.1 Å². The number of aryl methyl sites for hydroxylation is 1. The fraction of sp³-hybridized carbons (Fsp3) is 0.231. The summed E-state index contributed by atoms with van der Waals surface area (Å²) in [5, 5.41) is 3.72. The smallest absolute Gasteiger partial charge is 0.322 e. The predicted octanol–water partition coefficient (Wildman–Crippen LogP) is 2.95. The normalized spacial score (nSPS) is 10.4. The number of nitrogens with one attached hydrogen (secondary N) is 1. The maximum Gasteiger partial charge on any atom is 0.322 e. The third-order valence-electron chi connectivity index (χ3n) is 2.27. The lowest BCUT2D eigenvalue weighted by Gasteiger charge is -2.07. The quantitative estimate of drug-likeness (QED) is 0.921. The third kappa shape index (κ3) is 3.42. The molecule has 1 aromatic heterocycles. The molecule has 0 aliphatic carbocycles. The van der Waals surface area contributed by atoms with Gasteiger partial charge in [-0.1, -0.05) is 11.6 Å². The Hall–Kier alpha value is -1.65. The van der Waals surface area contributed by atoms with Crippen LogP contribution in [0.3, 0.4) is 0 Å². The Labute approximate surface area is 111 Å². The summed E-state index contributed by atoms with van der Waals surface area (Å²) < 4.78 is 5.59. The number of ether oxygens (including phenoxy) is 1. The van der Waals surface area contributed by atoms with Crippen molar-refractivity contribution >= 4 is 11.6 Å². The second kappa shape index (κ2) is 5.80. The molecular weight excluding hydrogens is 250 g/mol. The van der Waals surface area contributed by atoms with E-state index in [4.69, 9.17) is 16.3 Å². The van der Waals surface area contributed by atoms with E-state index >= 15 is 0 Å². The Kier molecular flexibility index (Phi) is 4.12. The van der Waals surface area contributed by atoms with Crippen LogP contribution in [0.15, 0.2) is 30.3 Å². The molecule has 0 fully saturated rings. The van der Waals surface area contributed by atoms with Crippen molar-refractivity contribution in [3.63, 3.8) is 0 Å². The Bertz CT molecular complexity index is 528. The second-order valence-corrected chi connectivity index (χ2v) is 4.31. The minimum absolute atomic E-state index is 0.350. The molecule has 18 heavy (non-hydrogen) atoms. The number of hydrogen-bond acceptors (Lipinski definition) is 4. The molecule has 0 atom stereocenters. The van der Waals surface area contributed by atoms with E-state index in [0.29, 0.717) is 23.3 Å². The fourth-order valence-electron chi connectivity index (χ4n) is 1.53. The van der Waals surface area contributed by atoms with Gasteiger partial charge >= 0.3 is 6.01 Å². The van der Waals surface area contributed by atoms with Gasteiger partial charge in [-0.2, -0.15) is 4.98 Å². The van der Waals surface area contributed by atoms with E-state index in [1.807, 2.05) is 20.0 Å². The van der Waals surface area contributed by atoms with Crippen LogP contribution in [0.5, 0.6) is 11.8 Å². The third-order valence-corrected chi connectivity index (χ3v) is 2.52. The SMILES string of the molecule is CNCc1cc(C)nc(Oc2ccc(Cl)cc2)n1. The Morgan fingerprint density at radius 3 is 2.61 bits per heavy atom. The summed E-state index contributed by atoms with van der Waals surface area (Å²) in [5.74, 6) is 0.667. The number of rotatable bonds is 4. The summed E-state index contributed by atoms with van der Waals surface area (Å²) in [6, 6.07) is 9.37. The fourth-order valence-corrected chi connectivity index (χ4v) is 1.66. The maximum absolute atomic E-state index is 5.81. The largest absolute Gasteiger partial charge is 0.424 e. The predicted molar refractivity (Wildman–Crippen MR) is 71.1 cm³/mol. The van der Waals surface area contributed by atoms with Gasteiger partial charge in [-0.3, -0.25) is 0 Å². The molecule has 0 aliphatic heterocycles. The van der Waals surface area contributed by atoms with Crippen molar-refractivity contribution in [1.82, 2.24) is 15.3 Å². The molecular formula is C13H14ClN3O. The summed E-state index contributed by atoms with van der Waals surface area (Å²) in [5.41, 5.74) is 1.77. The van der Waals surface area contributed by atoms with Crippen LogP contribution in [-0.4, -0.2) is 17.0 Å². The van der Waals surface area contributed by atoms with Gasteiger partial charge in [-0.15, -0.1) is 0 Å². The molecule has 0 spiro atoms. The number of benzene rings is 1. The van der Waals surface area contributed by atoms with Crippen molar-refractivity contribution in [2.45, 2.75) is 13.5 Å². The van der Waals surface area contributed by atoms with Crippen LogP contribution in [0.2, 0.25) is 5.02 Å². The van der Waals surface area contributed by atoms with Crippen LogP contribution in [0.4, 0.5) is 0 Å². The van der Waals surface area contributed by atoms with Crippen molar-refractivity contribution in [2.24, 2.45) is 0 Å². The number of aromatic nitrogens is 2. The molecule has 1 N–H and O–H groups in total.